The van der Waals surface area contributed by atoms with Gasteiger partial charge in [-0.05, 0) is 32.4 Å². The van der Waals surface area contributed by atoms with Crippen molar-refractivity contribution in [3.8, 4) is 0 Å². The van der Waals surface area contributed by atoms with Gasteiger partial charge in [0.1, 0.15) is 0 Å². The topological polar surface area (TPSA) is 43.8 Å². The van der Waals surface area contributed by atoms with E-state index in [4.69, 9.17) is 0 Å². The molecular formula is C13H24N2O2. The molecule has 0 aromatic heterocycles. The van der Waals surface area contributed by atoms with Gasteiger partial charge < -0.3 is 14.9 Å². The van der Waals surface area contributed by atoms with Crippen LogP contribution < -0.4 is 0 Å². The molecule has 3 unspecified atom stereocenters. The number of aliphatic hydroxyl groups excluding tert-OH is 1. The van der Waals surface area contributed by atoms with E-state index in [1.165, 1.54) is 0 Å². The molecule has 2 aliphatic rings. The van der Waals surface area contributed by atoms with E-state index >= 15 is 0 Å². The summed E-state index contributed by atoms with van der Waals surface area (Å²) < 4.78 is 0. The lowest BCUT2D eigenvalue weighted by atomic mass is 10.1. The third-order valence-corrected chi connectivity index (χ3v) is 4.06. The molecule has 0 radical (unpaired) electrons. The summed E-state index contributed by atoms with van der Waals surface area (Å²) in [6.07, 6.45) is 1.37. The largest absolute Gasteiger partial charge is 0.391 e. The maximum Gasteiger partial charge on any atom is 0.226 e. The lowest BCUT2D eigenvalue weighted by molar-refractivity contribution is -0.134. The smallest absolute Gasteiger partial charge is 0.226 e. The van der Waals surface area contributed by atoms with Crippen LogP contribution in [0.4, 0.5) is 0 Å². The highest BCUT2D eigenvalue weighted by Gasteiger charge is 2.53. The molecule has 3 atom stereocenters. The Balaban J connectivity index is 2.00. The summed E-state index contributed by atoms with van der Waals surface area (Å²) in [6.45, 7) is 5.64. The maximum absolute atomic E-state index is 12.4. The number of likely N-dealkylation sites (N-methyl/N-ethyl adjacent to an activating group) is 1. The van der Waals surface area contributed by atoms with Gasteiger partial charge in [-0.2, -0.15) is 0 Å². The van der Waals surface area contributed by atoms with E-state index in [9.17, 15) is 9.90 Å². The summed E-state index contributed by atoms with van der Waals surface area (Å²) in [7, 11) is 4.02. The summed E-state index contributed by atoms with van der Waals surface area (Å²) in [6, 6.07) is 0.184. The van der Waals surface area contributed by atoms with Gasteiger partial charge in [-0.25, -0.2) is 0 Å². The fraction of sp³-hybridized carbons (Fsp3) is 0.923. The first-order valence-corrected chi connectivity index (χ1v) is 6.44. The van der Waals surface area contributed by atoms with Crippen molar-refractivity contribution in [1.82, 2.24) is 9.80 Å². The number of carbonyl (C=O) groups is 1. The van der Waals surface area contributed by atoms with Crippen molar-refractivity contribution >= 4 is 5.91 Å². The van der Waals surface area contributed by atoms with Crippen LogP contribution in [0.3, 0.4) is 0 Å². The zero-order valence-electron chi connectivity index (χ0n) is 11.3. The van der Waals surface area contributed by atoms with E-state index in [-0.39, 0.29) is 29.4 Å². The van der Waals surface area contributed by atoms with Crippen molar-refractivity contribution in [2.24, 2.45) is 11.3 Å². The van der Waals surface area contributed by atoms with Crippen molar-refractivity contribution in [1.29, 1.82) is 0 Å². The number of rotatable bonds is 3. The van der Waals surface area contributed by atoms with E-state index in [1.807, 2.05) is 19.0 Å². The quantitative estimate of drug-likeness (QED) is 0.784. The number of β-amino-alcohol motifs (C(OH)–C–C–N with tert-alkyl or cyclic N) is 1. The average molecular weight is 240 g/mol. The van der Waals surface area contributed by atoms with Gasteiger partial charge in [0, 0.05) is 25.0 Å². The third kappa shape index (κ3) is 2.63. The number of hydrogen-bond donors (Lipinski definition) is 1. The van der Waals surface area contributed by atoms with Gasteiger partial charge in [-0.1, -0.05) is 13.8 Å². The second kappa shape index (κ2) is 4.25. The third-order valence-electron chi connectivity index (χ3n) is 4.06. The minimum atomic E-state index is -0.342. The lowest BCUT2D eigenvalue weighted by Gasteiger charge is -2.27. The van der Waals surface area contributed by atoms with E-state index < -0.39 is 0 Å². The van der Waals surface area contributed by atoms with E-state index in [2.05, 4.69) is 18.7 Å². The molecule has 0 aromatic carbocycles. The Morgan fingerprint density at radius 1 is 1.47 bits per heavy atom. The Hall–Kier alpha value is -0.610. The van der Waals surface area contributed by atoms with Crippen molar-refractivity contribution in [3.63, 3.8) is 0 Å². The van der Waals surface area contributed by atoms with Crippen LogP contribution in [-0.2, 0) is 4.79 Å². The highest BCUT2D eigenvalue weighted by Crippen LogP contribution is 2.52. The standard InChI is InChI=1S/C13H24N2O2/c1-13(2)6-11(13)12(17)15-8-10(16)5-9(15)7-14(3)4/h9-11,16H,5-8H2,1-4H3. The predicted molar refractivity (Wildman–Crippen MR) is 66.6 cm³/mol. The van der Waals surface area contributed by atoms with Gasteiger partial charge in [-0.15, -0.1) is 0 Å². The molecule has 1 amide bonds. The molecule has 0 aromatic rings. The number of amides is 1. The van der Waals surface area contributed by atoms with Gasteiger partial charge >= 0.3 is 0 Å². The Labute approximate surface area is 104 Å². The van der Waals surface area contributed by atoms with Crippen LogP contribution in [0, 0.1) is 11.3 Å². The van der Waals surface area contributed by atoms with Crippen LogP contribution in [0.1, 0.15) is 26.7 Å². The summed E-state index contributed by atoms with van der Waals surface area (Å²) in [5.41, 5.74) is 0.174. The van der Waals surface area contributed by atoms with Crippen molar-refractivity contribution in [2.75, 3.05) is 27.2 Å². The minimum Gasteiger partial charge on any atom is -0.391 e. The van der Waals surface area contributed by atoms with Crippen LogP contribution in [-0.4, -0.2) is 60.1 Å². The molecule has 17 heavy (non-hydrogen) atoms. The second-order valence-corrected chi connectivity index (χ2v) is 6.54. The highest BCUT2D eigenvalue weighted by atomic mass is 16.3. The molecule has 4 nitrogen and oxygen atoms in total. The molecule has 1 heterocycles. The van der Waals surface area contributed by atoms with Crippen LogP contribution >= 0.6 is 0 Å². The Bertz CT molecular complexity index is 315. The Morgan fingerprint density at radius 2 is 2.06 bits per heavy atom. The molecule has 1 N–H and O–H groups in total. The average Bonchev–Trinajstić information content (AvgIpc) is 2.65. The molecule has 1 aliphatic carbocycles. The molecule has 4 heteroatoms. The van der Waals surface area contributed by atoms with E-state index in [1.54, 1.807) is 0 Å². The Kier molecular flexibility index (Phi) is 3.21. The minimum absolute atomic E-state index is 0.174. The fourth-order valence-electron chi connectivity index (χ4n) is 2.85. The molecule has 1 saturated carbocycles. The summed E-state index contributed by atoms with van der Waals surface area (Å²) >= 11 is 0. The number of carbonyl (C=O) groups excluding carboxylic acids is 1. The number of nitrogens with zero attached hydrogens (tertiary/aromatic N) is 2. The first kappa shape index (κ1) is 12.8. The number of likely N-dealkylation sites (tertiary alicyclic amines) is 1. The van der Waals surface area contributed by atoms with E-state index in [0.717, 1.165) is 19.4 Å². The molecule has 0 spiro atoms. The lowest BCUT2D eigenvalue weighted by Crippen LogP contribution is -2.42. The highest BCUT2D eigenvalue weighted by molar-refractivity contribution is 5.83. The van der Waals surface area contributed by atoms with Crippen molar-refractivity contribution in [3.05, 3.63) is 0 Å². The zero-order valence-corrected chi connectivity index (χ0v) is 11.3. The second-order valence-electron chi connectivity index (χ2n) is 6.54. The van der Waals surface area contributed by atoms with Crippen LogP contribution in [0.5, 0.6) is 0 Å². The van der Waals surface area contributed by atoms with Crippen LogP contribution in [0.2, 0.25) is 0 Å². The Morgan fingerprint density at radius 3 is 2.53 bits per heavy atom. The predicted octanol–water partition coefficient (Wildman–Crippen LogP) is 0.556. The SMILES string of the molecule is CN(C)CC1CC(O)CN1C(=O)C1CC1(C)C. The first-order chi connectivity index (χ1) is 7.81. The van der Waals surface area contributed by atoms with Gasteiger partial charge in [0.15, 0.2) is 0 Å². The molecule has 1 saturated heterocycles. The number of hydrogen-bond acceptors (Lipinski definition) is 3. The first-order valence-electron chi connectivity index (χ1n) is 6.44. The van der Waals surface area contributed by atoms with Crippen LogP contribution in [0.15, 0.2) is 0 Å². The van der Waals surface area contributed by atoms with Crippen LogP contribution in [0.25, 0.3) is 0 Å². The van der Waals surface area contributed by atoms with E-state index in [0.29, 0.717) is 6.54 Å². The summed E-state index contributed by atoms with van der Waals surface area (Å²) in [5, 5.41) is 9.75. The van der Waals surface area contributed by atoms with Gasteiger partial charge in [0.05, 0.1) is 6.10 Å². The molecule has 2 fully saturated rings. The summed E-state index contributed by atoms with van der Waals surface area (Å²) in [4.78, 5) is 16.3. The summed E-state index contributed by atoms with van der Waals surface area (Å²) in [5.74, 6) is 0.427. The zero-order chi connectivity index (χ0) is 12.8. The molecular weight excluding hydrogens is 216 g/mol. The molecule has 0 bridgehead atoms. The van der Waals surface area contributed by atoms with Gasteiger partial charge in [0.2, 0.25) is 5.91 Å². The van der Waals surface area contributed by atoms with Gasteiger partial charge in [-0.3, -0.25) is 4.79 Å². The molecule has 98 valence electrons. The number of aliphatic hydroxyl groups is 1. The van der Waals surface area contributed by atoms with Gasteiger partial charge in [0.25, 0.3) is 0 Å². The fourth-order valence-corrected chi connectivity index (χ4v) is 2.85. The van der Waals surface area contributed by atoms with Crippen molar-refractivity contribution in [2.45, 2.75) is 38.8 Å². The van der Waals surface area contributed by atoms with Crippen molar-refractivity contribution < 1.29 is 9.90 Å². The molecule has 2 rings (SSSR count). The maximum atomic E-state index is 12.4. The molecule has 1 aliphatic heterocycles. The monoisotopic (exact) mass is 240 g/mol. The normalized spacial score (nSPS) is 35.4.